The Balaban J connectivity index is 2.25. The van der Waals surface area contributed by atoms with Crippen LogP contribution in [0.15, 0.2) is 10.6 Å². The monoisotopic (exact) mass is 249 g/mol. The molecule has 0 atom stereocenters. The SMILES string of the molecule is CCc1c(C)nn(Cc2cc(C(=O)O)no2)c1C. The molecule has 0 aromatic carbocycles. The van der Waals surface area contributed by atoms with E-state index in [1.54, 1.807) is 4.68 Å². The van der Waals surface area contributed by atoms with Gasteiger partial charge in [-0.15, -0.1) is 0 Å². The Morgan fingerprint density at radius 2 is 2.22 bits per heavy atom. The first kappa shape index (κ1) is 12.3. The van der Waals surface area contributed by atoms with Crippen molar-refractivity contribution in [3.63, 3.8) is 0 Å². The van der Waals surface area contributed by atoms with Crippen molar-refractivity contribution >= 4 is 5.97 Å². The summed E-state index contributed by atoms with van der Waals surface area (Å²) in [5.41, 5.74) is 3.20. The van der Waals surface area contributed by atoms with Crippen molar-refractivity contribution in [1.29, 1.82) is 0 Å². The number of carboxylic acid groups (broad SMARTS) is 1. The van der Waals surface area contributed by atoms with Crippen molar-refractivity contribution < 1.29 is 14.4 Å². The quantitative estimate of drug-likeness (QED) is 0.893. The molecule has 2 heterocycles. The molecule has 96 valence electrons. The van der Waals surface area contributed by atoms with Crippen LogP contribution >= 0.6 is 0 Å². The number of aromatic nitrogens is 3. The molecule has 0 radical (unpaired) electrons. The van der Waals surface area contributed by atoms with Gasteiger partial charge in [0.05, 0.1) is 5.69 Å². The van der Waals surface area contributed by atoms with Crippen molar-refractivity contribution in [3.05, 3.63) is 34.5 Å². The van der Waals surface area contributed by atoms with Gasteiger partial charge in [0.25, 0.3) is 0 Å². The van der Waals surface area contributed by atoms with E-state index in [4.69, 9.17) is 9.63 Å². The van der Waals surface area contributed by atoms with E-state index in [-0.39, 0.29) is 5.69 Å². The summed E-state index contributed by atoms with van der Waals surface area (Å²) in [4.78, 5) is 10.7. The molecule has 0 bridgehead atoms. The van der Waals surface area contributed by atoms with Crippen LogP contribution in [0.25, 0.3) is 0 Å². The van der Waals surface area contributed by atoms with Gasteiger partial charge in [-0.25, -0.2) is 4.79 Å². The zero-order valence-corrected chi connectivity index (χ0v) is 10.6. The van der Waals surface area contributed by atoms with Gasteiger partial charge in [0, 0.05) is 11.8 Å². The normalized spacial score (nSPS) is 10.8. The van der Waals surface area contributed by atoms with E-state index in [0.29, 0.717) is 12.3 Å². The van der Waals surface area contributed by atoms with E-state index in [1.165, 1.54) is 11.6 Å². The Kier molecular flexibility index (Phi) is 3.18. The lowest BCUT2D eigenvalue weighted by Gasteiger charge is -2.01. The lowest BCUT2D eigenvalue weighted by atomic mass is 10.1. The minimum atomic E-state index is -1.09. The smallest absolute Gasteiger partial charge is 0.358 e. The molecule has 0 aliphatic heterocycles. The molecule has 0 aliphatic rings. The van der Waals surface area contributed by atoms with Crippen LogP contribution in [0.4, 0.5) is 0 Å². The molecular formula is C12H15N3O3. The van der Waals surface area contributed by atoms with E-state index in [2.05, 4.69) is 17.2 Å². The topological polar surface area (TPSA) is 81.2 Å². The largest absolute Gasteiger partial charge is 0.476 e. The number of carboxylic acids is 1. The van der Waals surface area contributed by atoms with Crippen LogP contribution in [0.3, 0.4) is 0 Å². The molecule has 0 fully saturated rings. The fourth-order valence-electron chi connectivity index (χ4n) is 2.04. The van der Waals surface area contributed by atoms with Crippen molar-refractivity contribution in [1.82, 2.24) is 14.9 Å². The van der Waals surface area contributed by atoms with Gasteiger partial charge in [-0.2, -0.15) is 5.10 Å². The van der Waals surface area contributed by atoms with E-state index in [0.717, 1.165) is 17.8 Å². The van der Waals surface area contributed by atoms with Gasteiger partial charge in [0.1, 0.15) is 6.54 Å². The van der Waals surface area contributed by atoms with Gasteiger partial charge in [-0.05, 0) is 25.8 Å². The van der Waals surface area contributed by atoms with E-state index in [1.807, 2.05) is 13.8 Å². The molecule has 0 saturated carbocycles. The second-order valence-corrected chi connectivity index (χ2v) is 4.14. The molecule has 0 aliphatic carbocycles. The molecule has 18 heavy (non-hydrogen) atoms. The second-order valence-electron chi connectivity index (χ2n) is 4.14. The van der Waals surface area contributed by atoms with Gasteiger partial charge in [0.2, 0.25) is 0 Å². The van der Waals surface area contributed by atoms with Crippen molar-refractivity contribution in [2.75, 3.05) is 0 Å². The third-order valence-electron chi connectivity index (χ3n) is 2.97. The summed E-state index contributed by atoms with van der Waals surface area (Å²) < 4.78 is 6.78. The summed E-state index contributed by atoms with van der Waals surface area (Å²) in [7, 11) is 0. The molecule has 6 nitrogen and oxygen atoms in total. The van der Waals surface area contributed by atoms with E-state index in [9.17, 15) is 4.79 Å². The second kappa shape index (κ2) is 4.64. The lowest BCUT2D eigenvalue weighted by Crippen LogP contribution is -2.03. The van der Waals surface area contributed by atoms with Gasteiger partial charge < -0.3 is 9.63 Å². The predicted octanol–water partition coefficient (Wildman–Crippen LogP) is 1.80. The molecule has 0 saturated heterocycles. The van der Waals surface area contributed by atoms with Crippen molar-refractivity contribution in [2.45, 2.75) is 33.7 Å². The van der Waals surface area contributed by atoms with Gasteiger partial charge >= 0.3 is 5.97 Å². The fourth-order valence-corrected chi connectivity index (χ4v) is 2.04. The molecule has 0 unspecified atom stereocenters. The van der Waals surface area contributed by atoms with Crippen LogP contribution in [0.5, 0.6) is 0 Å². The first-order valence-corrected chi connectivity index (χ1v) is 5.74. The van der Waals surface area contributed by atoms with Crippen molar-refractivity contribution in [2.24, 2.45) is 0 Å². The zero-order chi connectivity index (χ0) is 13.3. The molecular weight excluding hydrogens is 234 g/mol. The fraction of sp³-hybridized carbons (Fsp3) is 0.417. The summed E-state index contributed by atoms with van der Waals surface area (Å²) in [6.07, 6.45) is 0.925. The first-order valence-electron chi connectivity index (χ1n) is 5.74. The van der Waals surface area contributed by atoms with Crippen LogP contribution in [0.2, 0.25) is 0 Å². The Bertz CT molecular complexity index is 583. The zero-order valence-electron chi connectivity index (χ0n) is 10.6. The number of aromatic carboxylic acids is 1. The highest BCUT2D eigenvalue weighted by Crippen LogP contribution is 2.15. The molecule has 0 amide bonds. The Morgan fingerprint density at radius 3 is 2.72 bits per heavy atom. The van der Waals surface area contributed by atoms with Gasteiger partial charge in [-0.3, -0.25) is 4.68 Å². The maximum absolute atomic E-state index is 10.7. The van der Waals surface area contributed by atoms with Crippen LogP contribution in [0.1, 0.15) is 40.1 Å². The number of carbonyl (C=O) groups is 1. The molecule has 2 aromatic rings. The van der Waals surface area contributed by atoms with Gasteiger partial charge in [-0.1, -0.05) is 12.1 Å². The van der Waals surface area contributed by atoms with E-state index < -0.39 is 5.97 Å². The minimum absolute atomic E-state index is 0.0813. The average Bonchev–Trinajstić information content (AvgIpc) is 2.86. The minimum Gasteiger partial charge on any atom is -0.476 e. The van der Waals surface area contributed by atoms with E-state index >= 15 is 0 Å². The number of hydrogen-bond acceptors (Lipinski definition) is 4. The third-order valence-corrected chi connectivity index (χ3v) is 2.97. The third kappa shape index (κ3) is 2.13. The maximum atomic E-state index is 10.7. The number of hydrogen-bond donors (Lipinski definition) is 1. The number of nitrogens with zero attached hydrogens (tertiary/aromatic N) is 3. The molecule has 2 rings (SSSR count). The predicted molar refractivity (Wildman–Crippen MR) is 63.6 cm³/mol. The van der Waals surface area contributed by atoms with Crippen LogP contribution in [-0.2, 0) is 13.0 Å². The maximum Gasteiger partial charge on any atom is 0.358 e. The molecule has 0 spiro atoms. The molecule has 1 N–H and O–H groups in total. The standard InChI is InChI=1S/C12H15N3O3/c1-4-10-7(2)13-15(8(10)3)6-9-5-11(12(16)17)14-18-9/h5H,4,6H2,1-3H3,(H,16,17). The Morgan fingerprint density at radius 1 is 1.50 bits per heavy atom. The Labute approximate surface area is 104 Å². The summed E-state index contributed by atoms with van der Waals surface area (Å²) in [6, 6.07) is 1.42. The first-order chi connectivity index (χ1) is 8.52. The molecule has 6 heteroatoms. The van der Waals surface area contributed by atoms with Crippen LogP contribution < -0.4 is 0 Å². The molecule has 2 aromatic heterocycles. The number of aryl methyl sites for hydroxylation is 1. The van der Waals surface area contributed by atoms with Crippen LogP contribution in [-0.4, -0.2) is 26.0 Å². The highest BCUT2D eigenvalue weighted by Gasteiger charge is 2.14. The summed E-state index contributed by atoms with van der Waals surface area (Å²) in [5, 5.41) is 16.6. The summed E-state index contributed by atoms with van der Waals surface area (Å²) in [5.74, 6) is -0.603. The highest BCUT2D eigenvalue weighted by molar-refractivity contribution is 5.85. The summed E-state index contributed by atoms with van der Waals surface area (Å²) in [6.45, 7) is 6.43. The average molecular weight is 249 g/mol. The van der Waals surface area contributed by atoms with Crippen molar-refractivity contribution in [3.8, 4) is 0 Å². The van der Waals surface area contributed by atoms with Gasteiger partial charge in [0.15, 0.2) is 11.5 Å². The highest BCUT2D eigenvalue weighted by atomic mass is 16.5. The Hall–Kier alpha value is -2.11. The lowest BCUT2D eigenvalue weighted by molar-refractivity contribution is 0.0685. The van der Waals surface area contributed by atoms with Crippen LogP contribution in [0, 0.1) is 13.8 Å². The number of rotatable bonds is 4. The summed E-state index contributed by atoms with van der Waals surface area (Å²) >= 11 is 0.